The highest BCUT2D eigenvalue weighted by Crippen LogP contribution is 2.30. The lowest BCUT2D eigenvalue weighted by molar-refractivity contribution is 0.271. The van der Waals surface area contributed by atoms with Crippen molar-refractivity contribution in [3.63, 3.8) is 0 Å². The van der Waals surface area contributed by atoms with E-state index in [-0.39, 0.29) is 11.0 Å². The maximum atomic E-state index is 4.71. The zero-order valence-corrected chi connectivity index (χ0v) is 15.2. The molecular formula is C18H36N2. The fourth-order valence-corrected chi connectivity index (χ4v) is 2.82. The van der Waals surface area contributed by atoms with Gasteiger partial charge in [0.05, 0.1) is 11.6 Å². The first-order valence-corrected chi connectivity index (χ1v) is 8.00. The van der Waals surface area contributed by atoms with E-state index < -0.39 is 0 Å². The lowest BCUT2D eigenvalue weighted by Gasteiger charge is -2.30. The predicted molar refractivity (Wildman–Crippen MR) is 93.3 cm³/mol. The van der Waals surface area contributed by atoms with Crippen LogP contribution in [0.5, 0.6) is 0 Å². The van der Waals surface area contributed by atoms with Crippen LogP contribution in [-0.4, -0.2) is 24.0 Å². The summed E-state index contributed by atoms with van der Waals surface area (Å²) < 4.78 is 0. The molecule has 0 rings (SSSR count). The predicted octanol–water partition coefficient (Wildman–Crippen LogP) is 5.56. The molecule has 0 heterocycles. The summed E-state index contributed by atoms with van der Waals surface area (Å²) in [6, 6.07) is 0.379. The van der Waals surface area contributed by atoms with Crippen LogP contribution in [0, 0.1) is 10.8 Å². The average molecular weight is 280 g/mol. The van der Waals surface area contributed by atoms with Gasteiger partial charge >= 0.3 is 0 Å². The van der Waals surface area contributed by atoms with E-state index in [1.165, 1.54) is 0 Å². The highest BCUT2D eigenvalue weighted by molar-refractivity contribution is 6.16. The standard InChI is InChI=1S/C18H36N2/c1-10-15(17(6,7)11-2)19-12-13-20-18(8,9)14-16(3,4)5/h12-13,15H,10-11,14H2,1-9H3. The molecule has 0 aliphatic rings. The van der Waals surface area contributed by atoms with Crippen LogP contribution in [0.2, 0.25) is 0 Å². The summed E-state index contributed by atoms with van der Waals surface area (Å²) in [5, 5.41) is 0. The maximum absolute atomic E-state index is 4.71. The topological polar surface area (TPSA) is 24.7 Å². The van der Waals surface area contributed by atoms with Gasteiger partial charge < -0.3 is 0 Å². The Hall–Kier alpha value is -0.660. The molecular weight excluding hydrogens is 244 g/mol. The van der Waals surface area contributed by atoms with Gasteiger partial charge in [0.15, 0.2) is 0 Å². The zero-order chi connectivity index (χ0) is 16.0. The van der Waals surface area contributed by atoms with Crippen molar-refractivity contribution < 1.29 is 0 Å². The molecule has 2 nitrogen and oxygen atoms in total. The van der Waals surface area contributed by atoms with Crippen molar-refractivity contribution in [1.82, 2.24) is 0 Å². The smallest absolute Gasteiger partial charge is 0.0557 e. The summed E-state index contributed by atoms with van der Waals surface area (Å²) in [7, 11) is 0. The fraction of sp³-hybridized carbons (Fsp3) is 0.889. The Kier molecular flexibility index (Phi) is 7.13. The van der Waals surface area contributed by atoms with Gasteiger partial charge in [0.2, 0.25) is 0 Å². The fourth-order valence-electron chi connectivity index (χ4n) is 2.82. The molecule has 1 unspecified atom stereocenters. The maximum Gasteiger partial charge on any atom is 0.0557 e. The van der Waals surface area contributed by atoms with Gasteiger partial charge in [-0.15, -0.1) is 0 Å². The summed E-state index contributed by atoms with van der Waals surface area (Å²) in [5.41, 5.74) is 0.542. The second-order valence-corrected chi connectivity index (χ2v) is 8.39. The van der Waals surface area contributed by atoms with Crippen molar-refractivity contribution in [1.29, 1.82) is 0 Å². The normalized spacial score (nSPS) is 16.2. The van der Waals surface area contributed by atoms with Crippen LogP contribution in [-0.2, 0) is 0 Å². The lowest BCUT2D eigenvalue weighted by Crippen LogP contribution is -2.27. The summed E-state index contributed by atoms with van der Waals surface area (Å²) >= 11 is 0. The van der Waals surface area contributed by atoms with E-state index >= 15 is 0 Å². The SMILES string of the molecule is CCC(N=CC=NC(C)(C)CC(C)(C)C)C(C)(C)CC. The van der Waals surface area contributed by atoms with Gasteiger partial charge in [0.25, 0.3) is 0 Å². The molecule has 0 radical (unpaired) electrons. The number of hydrogen-bond acceptors (Lipinski definition) is 2. The van der Waals surface area contributed by atoms with E-state index in [0.29, 0.717) is 11.5 Å². The quantitative estimate of drug-likeness (QED) is 0.546. The summed E-state index contributed by atoms with van der Waals surface area (Å²) in [5.74, 6) is 0. The molecule has 20 heavy (non-hydrogen) atoms. The molecule has 0 bridgehead atoms. The first-order chi connectivity index (χ1) is 8.93. The molecule has 0 saturated heterocycles. The average Bonchev–Trinajstić information content (AvgIpc) is 2.25. The van der Waals surface area contributed by atoms with Crippen LogP contribution in [0.3, 0.4) is 0 Å². The third-order valence-corrected chi connectivity index (χ3v) is 3.92. The molecule has 0 N–H and O–H groups in total. The second-order valence-electron chi connectivity index (χ2n) is 8.39. The van der Waals surface area contributed by atoms with Crippen LogP contribution in [0.4, 0.5) is 0 Å². The van der Waals surface area contributed by atoms with Crippen LogP contribution >= 0.6 is 0 Å². The largest absolute Gasteiger partial charge is 0.288 e. The molecule has 1 atom stereocenters. The Balaban J connectivity index is 4.66. The van der Waals surface area contributed by atoms with Gasteiger partial charge in [0.1, 0.15) is 0 Å². The number of rotatable bonds is 7. The first-order valence-electron chi connectivity index (χ1n) is 8.00. The third kappa shape index (κ3) is 7.81. The van der Waals surface area contributed by atoms with Gasteiger partial charge in [-0.05, 0) is 43.9 Å². The molecule has 0 aromatic carbocycles. The second kappa shape index (κ2) is 7.38. The van der Waals surface area contributed by atoms with Crippen molar-refractivity contribution in [3.8, 4) is 0 Å². The van der Waals surface area contributed by atoms with Gasteiger partial charge in [-0.3, -0.25) is 9.98 Å². The van der Waals surface area contributed by atoms with E-state index in [0.717, 1.165) is 19.3 Å². The summed E-state index contributed by atoms with van der Waals surface area (Å²) in [6.07, 6.45) is 7.09. The Morgan fingerprint density at radius 3 is 1.85 bits per heavy atom. The Morgan fingerprint density at radius 2 is 1.45 bits per heavy atom. The molecule has 0 amide bonds. The van der Waals surface area contributed by atoms with Crippen molar-refractivity contribution in [2.45, 2.75) is 93.2 Å². The molecule has 0 spiro atoms. The van der Waals surface area contributed by atoms with Gasteiger partial charge in [-0.2, -0.15) is 0 Å². The molecule has 118 valence electrons. The molecule has 0 aliphatic heterocycles. The highest BCUT2D eigenvalue weighted by Gasteiger charge is 2.25. The number of hydrogen-bond donors (Lipinski definition) is 0. The van der Waals surface area contributed by atoms with Gasteiger partial charge in [0, 0.05) is 12.4 Å². The minimum atomic E-state index is -0.0216. The van der Waals surface area contributed by atoms with Crippen molar-refractivity contribution in [3.05, 3.63) is 0 Å². The van der Waals surface area contributed by atoms with Crippen molar-refractivity contribution in [2.75, 3.05) is 0 Å². The van der Waals surface area contributed by atoms with E-state index in [1.807, 2.05) is 12.4 Å². The molecule has 0 saturated carbocycles. The van der Waals surface area contributed by atoms with E-state index in [1.54, 1.807) is 0 Å². The Bertz CT molecular complexity index is 330. The molecule has 0 aromatic rings. The Labute approximate surface area is 127 Å². The molecule has 2 heteroatoms. The van der Waals surface area contributed by atoms with Crippen LogP contribution in [0.1, 0.15) is 81.6 Å². The Morgan fingerprint density at radius 1 is 0.900 bits per heavy atom. The van der Waals surface area contributed by atoms with E-state index in [4.69, 9.17) is 4.99 Å². The van der Waals surface area contributed by atoms with E-state index in [2.05, 4.69) is 67.3 Å². The van der Waals surface area contributed by atoms with Gasteiger partial charge in [-0.1, -0.05) is 48.5 Å². The third-order valence-electron chi connectivity index (χ3n) is 3.92. The number of nitrogens with zero attached hydrogens (tertiary/aromatic N) is 2. The lowest BCUT2D eigenvalue weighted by atomic mass is 9.81. The highest BCUT2D eigenvalue weighted by atomic mass is 14.9. The minimum absolute atomic E-state index is 0.0216. The van der Waals surface area contributed by atoms with Crippen molar-refractivity contribution >= 4 is 12.4 Å². The monoisotopic (exact) mass is 280 g/mol. The number of aliphatic imine (C=N–C) groups is 2. The summed E-state index contributed by atoms with van der Waals surface area (Å²) in [6.45, 7) is 20.2. The van der Waals surface area contributed by atoms with Crippen LogP contribution in [0.25, 0.3) is 0 Å². The van der Waals surface area contributed by atoms with Crippen LogP contribution < -0.4 is 0 Å². The molecule has 0 aromatic heterocycles. The van der Waals surface area contributed by atoms with E-state index in [9.17, 15) is 0 Å². The van der Waals surface area contributed by atoms with Gasteiger partial charge in [-0.25, -0.2) is 0 Å². The minimum Gasteiger partial charge on any atom is -0.288 e. The summed E-state index contributed by atoms with van der Waals surface area (Å²) in [4.78, 5) is 9.39. The van der Waals surface area contributed by atoms with Crippen LogP contribution in [0.15, 0.2) is 9.98 Å². The molecule has 0 fully saturated rings. The molecule has 0 aliphatic carbocycles. The first kappa shape index (κ1) is 19.3. The zero-order valence-electron chi connectivity index (χ0n) is 15.2. The van der Waals surface area contributed by atoms with Crippen molar-refractivity contribution in [2.24, 2.45) is 20.8 Å².